The number of benzene rings is 3. The highest BCUT2D eigenvalue weighted by Crippen LogP contribution is 2.31. The lowest BCUT2D eigenvalue weighted by atomic mass is 10.1. The van der Waals surface area contributed by atoms with Crippen molar-refractivity contribution in [2.24, 2.45) is 10.9 Å². The van der Waals surface area contributed by atoms with E-state index in [9.17, 15) is 27.3 Å². The van der Waals surface area contributed by atoms with Crippen molar-refractivity contribution in [1.82, 2.24) is 4.90 Å². The summed E-state index contributed by atoms with van der Waals surface area (Å²) in [6, 6.07) is 18.2. The third kappa shape index (κ3) is 11.2. The van der Waals surface area contributed by atoms with Crippen molar-refractivity contribution in [2.45, 2.75) is 38.0 Å². The SMILES string of the molecule is CC.CF.CN(c1ccc(/C=C/C2=NC(c3ccc(Cl)cc3Cl)=CN(CC3=CCCC(C(=O)O)C=C3)C2)cc1)S(=O)c1ccc(C(F)F)cc1. The number of carboxylic acids is 1. The Bertz CT molecular complexity index is 1780. The number of carbonyl (C=O) groups is 1. The van der Waals surface area contributed by atoms with Crippen LogP contribution in [0.3, 0.4) is 0 Å². The van der Waals surface area contributed by atoms with E-state index >= 15 is 0 Å². The van der Waals surface area contributed by atoms with E-state index < -0.39 is 29.3 Å². The average molecular weight is 747 g/mol. The summed E-state index contributed by atoms with van der Waals surface area (Å²) in [5.41, 5.74) is 4.71. The molecule has 0 saturated carbocycles. The van der Waals surface area contributed by atoms with Gasteiger partial charge in [-0.25, -0.2) is 18.0 Å². The van der Waals surface area contributed by atoms with Gasteiger partial charge in [-0.1, -0.05) is 85.6 Å². The number of alkyl halides is 3. The number of aliphatic carboxylic acids is 1. The third-order valence-electron chi connectivity index (χ3n) is 7.58. The van der Waals surface area contributed by atoms with E-state index in [2.05, 4.69) is 11.0 Å². The number of aliphatic imine (C=N–C) groups is 1. The van der Waals surface area contributed by atoms with Crippen molar-refractivity contribution < 1.29 is 27.3 Å². The van der Waals surface area contributed by atoms with Gasteiger partial charge in [0.15, 0.2) is 11.0 Å². The fourth-order valence-electron chi connectivity index (χ4n) is 5.05. The summed E-state index contributed by atoms with van der Waals surface area (Å²) in [6.07, 6.45) is 10.2. The highest BCUT2D eigenvalue weighted by Gasteiger charge is 2.19. The molecule has 3 aromatic carbocycles. The first kappa shape index (κ1) is 40.3. The highest BCUT2D eigenvalue weighted by molar-refractivity contribution is 7.86. The Morgan fingerprint density at radius 3 is 2.36 bits per heavy atom. The fourth-order valence-corrected chi connectivity index (χ4v) is 6.55. The Balaban J connectivity index is 0.00000163. The van der Waals surface area contributed by atoms with E-state index in [1.165, 1.54) is 24.3 Å². The quantitative estimate of drug-likeness (QED) is 0.224. The van der Waals surface area contributed by atoms with Gasteiger partial charge in [0.25, 0.3) is 6.43 Å². The van der Waals surface area contributed by atoms with Crippen LogP contribution in [-0.2, 0) is 15.8 Å². The topological polar surface area (TPSA) is 73.2 Å². The maximum absolute atomic E-state index is 13.0. The fraction of sp³-hybridized carbons (Fsp3) is 0.263. The molecule has 2 atom stereocenters. The molecule has 0 fully saturated rings. The minimum Gasteiger partial charge on any atom is -0.481 e. The van der Waals surface area contributed by atoms with Crippen molar-refractivity contribution in [3.8, 4) is 0 Å². The lowest BCUT2D eigenvalue weighted by Crippen LogP contribution is -2.29. The second-order valence-corrected chi connectivity index (χ2v) is 13.2. The van der Waals surface area contributed by atoms with Gasteiger partial charge in [-0.15, -0.1) is 0 Å². The van der Waals surface area contributed by atoms with Gasteiger partial charge in [0, 0.05) is 41.6 Å². The molecule has 0 bridgehead atoms. The second-order valence-electron chi connectivity index (χ2n) is 10.8. The molecule has 1 aliphatic carbocycles. The van der Waals surface area contributed by atoms with Crippen LogP contribution in [0.25, 0.3) is 11.8 Å². The van der Waals surface area contributed by atoms with Gasteiger partial charge < -0.3 is 10.0 Å². The van der Waals surface area contributed by atoms with Gasteiger partial charge >= 0.3 is 5.97 Å². The van der Waals surface area contributed by atoms with Gasteiger partial charge in [0.05, 0.1) is 41.0 Å². The van der Waals surface area contributed by atoms with E-state index in [1.807, 2.05) is 68.6 Å². The molecule has 0 saturated heterocycles. The standard InChI is InChI=1S/C35H31Cl2F2N3O3S.C2H6.CH3F/c1-41(46(45)30-16-10-25(11-17-30)34(38)39)29-14-7-23(8-15-29)6-13-28-21-42(20-24-3-2-4-26(9-5-24)35(43)44)22-33(40-28)31-18-12-27(36)19-32(31)37;2*1-2/h3,5-19,22,26,34H,2,4,20-21H2,1H3,(H,43,44);1-2H3;1H3/b13-6+;;. The van der Waals surface area contributed by atoms with Crippen LogP contribution in [0.4, 0.5) is 18.9 Å². The summed E-state index contributed by atoms with van der Waals surface area (Å²) >= 11 is 12.7. The molecule has 0 radical (unpaired) electrons. The largest absolute Gasteiger partial charge is 0.481 e. The Kier molecular flexibility index (Phi) is 16.1. The first-order chi connectivity index (χ1) is 24.1. The van der Waals surface area contributed by atoms with Gasteiger partial charge in [-0.2, -0.15) is 0 Å². The zero-order valence-electron chi connectivity index (χ0n) is 28.2. The number of halogens is 5. The minimum absolute atomic E-state index is 0.114. The molecule has 12 heteroatoms. The second kappa shape index (κ2) is 19.9. The molecule has 1 aliphatic heterocycles. The lowest BCUT2D eigenvalue weighted by Gasteiger charge is -2.26. The predicted molar refractivity (Wildman–Crippen MR) is 201 cm³/mol. The molecule has 0 amide bonds. The molecule has 2 unspecified atom stereocenters. The van der Waals surface area contributed by atoms with Crippen LogP contribution >= 0.6 is 23.2 Å². The van der Waals surface area contributed by atoms with Crippen LogP contribution in [0.15, 0.2) is 113 Å². The number of hydrogen-bond donors (Lipinski definition) is 1. The number of hydrogen-bond acceptors (Lipinski definition) is 4. The number of anilines is 1. The van der Waals surface area contributed by atoms with Gasteiger partial charge in [0.2, 0.25) is 0 Å². The molecule has 50 heavy (non-hydrogen) atoms. The molecule has 1 heterocycles. The molecule has 0 aromatic heterocycles. The zero-order valence-corrected chi connectivity index (χ0v) is 30.5. The van der Waals surface area contributed by atoms with Crippen LogP contribution < -0.4 is 4.31 Å². The Morgan fingerprint density at radius 2 is 1.74 bits per heavy atom. The average Bonchev–Trinajstić information content (AvgIpc) is 3.38. The summed E-state index contributed by atoms with van der Waals surface area (Å²) < 4.78 is 49.9. The number of rotatable bonds is 10. The summed E-state index contributed by atoms with van der Waals surface area (Å²) in [4.78, 5) is 18.9. The predicted octanol–water partition coefficient (Wildman–Crippen LogP) is 10.4. The van der Waals surface area contributed by atoms with Crippen molar-refractivity contribution >= 4 is 63.3 Å². The molecule has 6 nitrogen and oxygen atoms in total. The Labute approximate surface area is 304 Å². The molecule has 1 N–H and O–H groups in total. The Morgan fingerprint density at radius 1 is 1.06 bits per heavy atom. The number of allylic oxidation sites excluding steroid dienone is 1. The van der Waals surface area contributed by atoms with Gasteiger partial charge in [0.1, 0.15) is 0 Å². The molecular formula is C38H40Cl2F3N3O3S. The highest BCUT2D eigenvalue weighted by atomic mass is 35.5. The maximum atomic E-state index is 13.0. The first-order valence-electron chi connectivity index (χ1n) is 15.9. The summed E-state index contributed by atoms with van der Waals surface area (Å²) in [5, 5.41) is 10.4. The molecule has 5 rings (SSSR count). The smallest absolute Gasteiger partial charge is 0.310 e. The number of carboxylic acid groups (broad SMARTS) is 1. The maximum Gasteiger partial charge on any atom is 0.310 e. The van der Waals surface area contributed by atoms with Crippen molar-refractivity contribution in [3.05, 3.63) is 130 Å². The molecule has 0 spiro atoms. The van der Waals surface area contributed by atoms with Gasteiger partial charge in [-0.3, -0.25) is 13.5 Å². The van der Waals surface area contributed by atoms with E-state index in [1.54, 1.807) is 29.6 Å². The first-order valence-corrected chi connectivity index (χ1v) is 17.7. The Hall–Kier alpha value is -4.12. The third-order valence-corrected chi connectivity index (χ3v) is 9.51. The summed E-state index contributed by atoms with van der Waals surface area (Å²) in [7, 11) is 0.613. The van der Waals surface area contributed by atoms with Crippen molar-refractivity contribution in [2.75, 3.05) is 31.6 Å². The van der Waals surface area contributed by atoms with Crippen LogP contribution in [0.2, 0.25) is 10.0 Å². The lowest BCUT2D eigenvalue weighted by molar-refractivity contribution is -0.140. The van der Waals surface area contributed by atoms with E-state index in [4.69, 9.17) is 28.2 Å². The minimum atomic E-state index is -2.58. The molecule has 266 valence electrons. The van der Waals surface area contributed by atoms with Crippen LogP contribution in [0.5, 0.6) is 0 Å². The molecular weight excluding hydrogens is 706 g/mol. The van der Waals surface area contributed by atoms with Gasteiger partial charge in [-0.05, 0) is 72.5 Å². The number of nitrogens with zero attached hydrogens (tertiary/aromatic N) is 3. The monoisotopic (exact) mass is 745 g/mol. The molecule has 2 aliphatic rings. The van der Waals surface area contributed by atoms with E-state index in [0.29, 0.717) is 59.4 Å². The van der Waals surface area contributed by atoms with Crippen LogP contribution in [-0.4, -0.2) is 53.2 Å². The zero-order chi connectivity index (χ0) is 36.8. The van der Waals surface area contributed by atoms with Crippen LogP contribution in [0.1, 0.15) is 49.8 Å². The summed E-state index contributed by atoms with van der Waals surface area (Å²) in [5.74, 6) is -1.32. The van der Waals surface area contributed by atoms with Crippen molar-refractivity contribution in [1.29, 1.82) is 0 Å². The van der Waals surface area contributed by atoms with Crippen molar-refractivity contribution in [3.63, 3.8) is 0 Å². The van der Waals surface area contributed by atoms with E-state index in [-0.39, 0.29) is 5.56 Å². The summed E-state index contributed by atoms with van der Waals surface area (Å²) in [6.45, 7) is 5.08. The van der Waals surface area contributed by atoms with Crippen LogP contribution in [0, 0.1) is 5.92 Å². The normalized spacial score (nSPS) is 16.2. The van der Waals surface area contributed by atoms with E-state index in [0.717, 1.165) is 22.4 Å². The molecule has 3 aromatic rings.